The summed E-state index contributed by atoms with van der Waals surface area (Å²) in [6.45, 7) is 4.29. The zero-order chi connectivity index (χ0) is 25.0. The van der Waals surface area contributed by atoms with Crippen molar-refractivity contribution in [2.24, 2.45) is 0 Å². The molecule has 0 saturated heterocycles. The zero-order valence-corrected chi connectivity index (χ0v) is 22.4. The number of benzene rings is 2. The van der Waals surface area contributed by atoms with Gasteiger partial charge in [0.25, 0.3) is 0 Å². The third-order valence-corrected chi connectivity index (χ3v) is 8.47. The van der Waals surface area contributed by atoms with Crippen molar-refractivity contribution < 1.29 is 14.4 Å². The molecule has 1 unspecified atom stereocenters. The first kappa shape index (κ1) is 27.3. The van der Waals surface area contributed by atoms with Gasteiger partial charge in [-0.15, -0.1) is 0 Å². The lowest BCUT2D eigenvalue weighted by Gasteiger charge is -2.08. The van der Waals surface area contributed by atoms with Crippen LogP contribution in [0.3, 0.4) is 0 Å². The molecule has 1 aromatic heterocycles. The lowest BCUT2D eigenvalue weighted by atomic mass is 9.97. The number of aromatic hydroxyl groups is 2. The van der Waals surface area contributed by atoms with Crippen molar-refractivity contribution in [1.82, 2.24) is 4.98 Å². The van der Waals surface area contributed by atoms with E-state index in [2.05, 4.69) is 18.8 Å². The second-order valence-corrected chi connectivity index (χ2v) is 11.5. The fourth-order valence-electron chi connectivity index (χ4n) is 4.93. The number of unbranched alkanes of at least 4 members (excludes halogenated alkanes) is 9. The number of phenols is 2. The van der Waals surface area contributed by atoms with Gasteiger partial charge in [-0.3, -0.25) is 4.21 Å². The second-order valence-electron chi connectivity index (χ2n) is 9.79. The molecule has 0 fully saturated rings. The first-order valence-corrected chi connectivity index (χ1v) is 15.0. The van der Waals surface area contributed by atoms with Gasteiger partial charge in [-0.05, 0) is 80.1 Å². The molecule has 4 nitrogen and oxygen atoms in total. The van der Waals surface area contributed by atoms with Gasteiger partial charge in [-0.2, -0.15) is 0 Å². The van der Waals surface area contributed by atoms with Crippen LogP contribution in [-0.4, -0.2) is 30.9 Å². The SMILES string of the molecule is CCCCCS(=O)CCCCCCCCCCc1c(O)ccc2[nH]c(-c3ccc(O)cc3)c(C)c12. The Morgan fingerprint density at radius 2 is 1.37 bits per heavy atom. The molecule has 5 heteroatoms. The number of H-pyrrole nitrogens is 1. The van der Waals surface area contributed by atoms with Crippen LogP contribution in [-0.2, 0) is 17.2 Å². The molecule has 3 N–H and O–H groups in total. The van der Waals surface area contributed by atoms with E-state index < -0.39 is 10.8 Å². The highest BCUT2D eigenvalue weighted by molar-refractivity contribution is 7.84. The van der Waals surface area contributed by atoms with E-state index in [0.717, 1.165) is 70.5 Å². The number of hydrogen-bond donors (Lipinski definition) is 3. The Morgan fingerprint density at radius 3 is 2.03 bits per heavy atom. The van der Waals surface area contributed by atoms with Crippen LogP contribution in [0, 0.1) is 6.92 Å². The van der Waals surface area contributed by atoms with E-state index >= 15 is 0 Å². The number of nitrogens with one attached hydrogen (secondary N) is 1. The summed E-state index contributed by atoms with van der Waals surface area (Å²) in [6.07, 6.45) is 13.9. The highest BCUT2D eigenvalue weighted by atomic mass is 32.2. The summed E-state index contributed by atoms with van der Waals surface area (Å²) in [5.41, 5.74) is 5.29. The third kappa shape index (κ3) is 8.13. The monoisotopic (exact) mass is 497 g/mol. The van der Waals surface area contributed by atoms with Crippen LogP contribution in [0.4, 0.5) is 0 Å². The Balaban J connectivity index is 1.40. The first-order valence-electron chi connectivity index (χ1n) is 13.5. The van der Waals surface area contributed by atoms with Gasteiger partial charge in [-0.25, -0.2) is 0 Å². The largest absolute Gasteiger partial charge is 0.508 e. The molecule has 1 heterocycles. The molecule has 192 valence electrons. The zero-order valence-electron chi connectivity index (χ0n) is 21.6. The smallest absolute Gasteiger partial charge is 0.119 e. The van der Waals surface area contributed by atoms with E-state index in [1.165, 1.54) is 51.4 Å². The Kier molecular flexibility index (Phi) is 11.2. The van der Waals surface area contributed by atoms with Crippen molar-refractivity contribution in [3.63, 3.8) is 0 Å². The van der Waals surface area contributed by atoms with Gasteiger partial charge in [-0.1, -0.05) is 58.3 Å². The molecule has 0 saturated carbocycles. The van der Waals surface area contributed by atoms with E-state index in [1.807, 2.05) is 18.2 Å². The molecular weight excluding hydrogens is 454 g/mol. The van der Waals surface area contributed by atoms with Gasteiger partial charge < -0.3 is 15.2 Å². The van der Waals surface area contributed by atoms with Crippen molar-refractivity contribution in [3.8, 4) is 22.8 Å². The van der Waals surface area contributed by atoms with Gasteiger partial charge in [0.05, 0.1) is 0 Å². The minimum atomic E-state index is -0.609. The highest BCUT2D eigenvalue weighted by Gasteiger charge is 2.15. The van der Waals surface area contributed by atoms with Crippen LogP contribution in [0.2, 0.25) is 0 Å². The van der Waals surface area contributed by atoms with E-state index in [9.17, 15) is 14.4 Å². The average molecular weight is 498 g/mol. The predicted octanol–water partition coefficient (Wildman–Crippen LogP) is 8.16. The molecule has 2 aromatic carbocycles. The summed E-state index contributed by atoms with van der Waals surface area (Å²) in [5, 5.41) is 21.3. The molecule has 0 aliphatic carbocycles. The molecular formula is C30H43NO3S. The van der Waals surface area contributed by atoms with Crippen LogP contribution in [0.25, 0.3) is 22.2 Å². The summed E-state index contributed by atoms with van der Waals surface area (Å²) in [7, 11) is -0.609. The Hall–Kier alpha value is -2.27. The molecule has 35 heavy (non-hydrogen) atoms. The fraction of sp³-hybridized carbons (Fsp3) is 0.533. The summed E-state index contributed by atoms with van der Waals surface area (Å²) >= 11 is 0. The van der Waals surface area contributed by atoms with Crippen LogP contribution >= 0.6 is 0 Å². The number of aromatic amines is 1. The minimum Gasteiger partial charge on any atom is -0.508 e. The topological polar surface area (TPSA) is 73.3 Å². The second kappa shape index (κ2) is 14.3. The van der Waals surface area contributed by atoms with Crippen molar-refractivity contribution >= 4 is 21.7 Å². The summed E-state index contributed by atoms with van der Waals surface area (Å²) in [6, 6.07) is 11.0. The first-order chi connectivity index (χ1) is 17.0. The Labute approximate surface area is 213 Å². The molecule has 3 aromatic rings. The van der Waals surface area contributed by atoms with Crippen molar-refractivity contribution in [2.45, 2.75) is 90.9 Å². The number of fused-ring (bicyclic) bond motifs is 1. The van der Waals surface area contributed by atoms with Gasteiger partial charge in [0.1, 0.15) is 11.5 Å². The van der Waals surface area contributed by atoms with Crippen LogP contribution in [0.5, 0.6) is 11.5 Å². The summed E-state index contributed by atoms with van der Waals surface area (Å²) in [4.78, 5) is 3.51. The van der Waals surface area contributed by atoms with Gasteiger partial charge in [0.2, 0.25) is 0 Å². The molecule has 0 spiro atoms. The van der Waals surface area contributed by atoms with Crippen molar-refractivity contribution in [2.75, 3.05) is 11.5 Å². The molecule has 3 rings (SSSR count). The van der Waals surface area contributed by atoms with Crippen LogP contribution in [0.15, 0.2) is 36.4 Å². The Morgan fingerprint density at radius 1 is 0.771 bits per heavy atom. The lowest BCUT2D eigenvalue weighted by molar-refractivity contribution is 0.467. The van der Waals surface area contributed by atoms with Gasteiger partial charge in [0.15, 0.2) is 0 Å². The molecule has 0 bridgehead atoms. The quantitative estimate of drug-likeness (QED) is 0.175. The number of aryl methyl sites for hydroxylation is 2. The summed E-state index contributed by atoms with van der Waals surface area (Å²) < 4.78 is 11.9. The predicted molar refractivity (Wildman–Crippen MR) is 150 cm³/mol. The van der Waals surface area contributed by atoms with Crippen LogP contribution < -0.4 is 0 Å². The third-order valence-electron chi connectivity index (χ3n) is 6.98. The highest BCUT2D eigenvalue weighted by Crippen LogP contribution is 2.36. The molecule has 0 aliphatic rings. The van der Waals surface area contributed by atoms with Crippen molar-refractivity contribution in [3.05, 3.63) is 47.5 Å². The minimum absolute atomic E-state index is 0.259. The normalized spacial score (nSPS) is 12.4. The maximum absolute atomic E-state index is 11.9. The standard InChI is InChI=1S/C30H43NO3S/c1-3-4-12-21-35(34)22-13-10-8-6-5-7-9-11-14-26-28(33)20-19-27-29(26)23(2)30(31-27)24-15-17-25(32)18-16-24/h15-20,31-33H,3-14,21-22H2,1-2H3. The maximum atomic E-state index is 11.9. The van der Waals surface area contributed by atoms with E-state index in [-0.39, 0.29) is 5.75 Å². The summed E-state index contributed by atoms with van der Waals surface area (Å²) in [5.74, 6) is 2.41. The molecule has 1 atom stereocenters. The molecule has 0 radical (unpaired) electrons. The van der Waals surface area contributed by atoms with E-state index in [0.29, 0.717) is 5.75 Å². The lowest BCUT2D eigenvalue weighted by Crippen LogP contribution is -2.02. The van der Waals surface area contributed by atoms with Gasteiger partial charge >= 0.3 is 0 Å². The van der Waals surface area contributed by atoms with E-state index in [4.69, 9.17) is 0 Å². The number of aromatic nitrogens is 1. The van der Waals surface area contributed by atoms with Crippen molar-refractivity contribution in [1.29, 1.82) is 0 Å². The maximum Gasteiger partial charge on any atom is 0.119 e. The molecule has 0 amide bonds. The van der Waals surface area contributed by atoms with Gasteiger partial charge in [0, 0.05) is 44.5 Å². The van der Waals surface area contributed by atoms with Crippen LogP contribution in [0.1, 0.15) is 88.7 Å². The van der Waals surface area contributed by atoms with E-state index in [1.54, 1.807) is 18.2 Å². The fourth-order valence-corrected chi connectivity index (χ4v) is 6.19. The number of phenolic OH excluding ortho intramolecular Hbond substituents is 2. The number of hydrogen-bond acceptors (Lipinski definition) is 3. The number of rotatable bonds is 16. The Bertz CT molecular complexity index is 1070. The molecule has 0 aliphatic heterocycles. The average Bonchev–Trinajstić information content (AvgIpc) is 3.18.